The predicted octanol–water partition coefficient (Wildman–Crippen LogP) is -0.504. The standard InChI is InChI=1S/C9H10N4O3/c10-6-2-11-4-12-8(6)13-3-5(9(15)16)1-7(13)14/h2,4-5H,1,3,10H2,(H,15,16). The lowest BCUT2D eigenvalue weighted by atomic mass is 10.1. The molecule has 16 heavy (non-hydrogen) atoms. The summed E-state index contributed by atoms with van der Waals surface area (Å²) in [7, 11) is 0. The first-order valence-electron chi connectivity index (χ1n) is 4.68. The fourth-order valence-electron chi connectivity index (χ4n) is 1.64. The van der Waals surface area contributed by atoms with Gasteiger partial charge in [-0.05, 0) is 0 Å². The molecule has 7 heteroatoms. The highest BCUT2D eigenvalue weighted by Crippen LogP contribution is 2.26. The first-order chi connectivity index (χ1) is 7.59. The van der Waals surface area contributed by atoms with Crippen molar-refractivity contribution in [3.8, 4) is 0 Å². The minimum Gasteiger partial charge on any atom is -0.481 e. The molecule has 0 aromatic carbocycles. The van der Waals surface area contributed by atoms with E-state index < -0.39 is 11.9 Å². The maximum absolute atomic E-state index is 11.6. The fourth-order valence-corrected chi connectivity index (χ4v) is 1.64. The molecule has 0 spiro atoms. The van der Waals surface area contributed by atoms with Crippen LogP contribution in [0.15, 0.2) is 12.5 Å². The van der Waals surface area contributed by atoms with Gasteiger partial charge in [0.15, 0.2) is 5.82 Å². The molecule has 1 aromatic rings. The van der Waals surface area contributed by atoms with Gasteiger partial charge >= 0.3 is 5.97 Å². The van der Waals surface area contributed by atoms with E-state index in [2.05, 4.69) is 9.97 Å². The fraction of sp³-hybridized carbons (Fsp3) is 0.333. The quantitative estimate of drug-likeness (QED) is 0.697. The molecule has 1 fully saturated rings. The summed E-state index contributed by atoms with van der Waals surface area (Å²) in [5.74, 6) is -1.67. The van der Waals surface area contributed by atoms with E-state index in [0.717, 1.165) is 0 Å². The van der Waals surface area contributed by atoms with Crippen LogP contribution in [-0.4, -0.2) is 33.5 Å². The van der Waals surface area contributed by atoms with Gasteiger partial charge in [0.25, 0.3) is 0 Å². The third-order valence-electron chi connectivity index (χ3n) is 2.45. The molecule has 1 aliphatic heterocycles. The summed E-state index contributed by atoms with van der Waals surface area (Å²) >= 11 is 0. The Balaban J connectivity index is 2.27. The highest BCUT2D eigenvalue weighted by molar-refractivity contribution is 6.00. The van der Waals surface area contributed by atoms with Crippen LogP contribution < -0.4 is 10.6 Å². The second-order valence-corrected chi connectivity index (χ2v) is 3.55. The molecule has 2 heterocycles. The molecule has 7 nitrogen and oxygen atoms in total. The summed E-state index contributed by atoms with van der Waals surface area (Å²) in [6, 6.07) is 0. The van der Waals surface area contributed by atoms with Crippen molar-refractivity contribution < 1.29 is 14.7 Å². The lowest BCUT2D eigenvalue weighted by molar-refractivity contribution is -0.141. The van der Waals surface area contributed by atoms with E-state index in [9.17, 15) is 9.59 Å². The van der Waals surface area contributed by atoms with E-state index in [1.807, 2.05) is 0 Å². The normalized spacial score (nSPS) is 20.1. The third kappa shape index (κ3) is 1.67. The van der Waals surface area contributed by atoms with Crippen molar-refractivity contribution in [2.24, 2.45) is 5.92 Å². The summed E-state index contributed by atoms with van der Waals surface area (Å²) in [5.41, 5.74) is 5.88. The lowest BCUT2D eigenvalue weighted by Gasteiger charge is -2.15. The van der Waals surface area contributed by atoms with Crippen LogP contribution in [0.4, 0.5) is 11.5 Å². The number of carbonyl (C=O) groups is 2. The zero-order chi connectivity index (χ0) is 11.7. The number of amides is 1. The SMILES string of the molecule is Nc1cncnc1N1CC(C(=O)O)CC1=O. The van der Waals surface area contributed by atoms with E-state index in [-0.39, 0.29) is 30.4 Å². The number of aromatic nitrogens is 2. The van der Waals surface area contributed by atoms with Crippen molar-refractivity contribution in [2.45, 2.75) is 6.42 Å². The van der Waals surface area contributed by atoms with Crippen LogP contribution in [0.3, 0.4) is 0 Å². The van der Waals surface area contributed by atoms with Crippen LogP contribution in [0.25, 0.3) is 0 Å². The largest absolute Gasteiger partial charge is 0.481 e. The third-order valence-corrected chi connectivity index (χ3v) is 2.45. The summed E-state index contributed by atoms with van der Waals surface area (Å²) in [6.45, 7) is 0.107. The molecule has 1 atom stereocenters. The highest BCUT2D eigenvalue weighted by atomic mass is 16.4. The van der Waals surface area contributed by atoms with Gasteiger partial charge in [-0.2, -0.15) is 0 Å². The highest BCUT2D eigenvalue weighted by Gasteiger charge is 2.36. The van der Waals surface area contributed by atoms with E-state index in [4.69, 9.17) is 10.8 Å². The second-order valence-electron chi connectivity index (χ2n) is 3.55. The smallest absolute Gasteiger partial charge is 0.308 e. The number of hydrogen-bond acceptors (Lipinski definition) is 5. The maximum atomic E-state index is 11.6. The first kappa shape index (κ1) is 10.3. The van der Waals surface area contributed by atoms with Gasteiger partial charge in [0.05, 0.1) is 17.8 Å². The molecule has 3 N–H and O–H groups in total. The van der Waals surface area contributed by atoms with Gasteiger partial charge in [0.2, 0.25) is 5.91 Å². The van der Waals surface area contributed by atoms with E-state index in [1.54, 1.807) is 0 Å². The molecule has 1 aliphatic rings. The van der Waals surface area contributed by atoms with Crippen molar-refractivity contribution >= 4 is 23.4 Å². The Labute approximate surface area is 90.9 Å². The molecule has 1 aromatic heterocycles. The zero-order valence-electron chi connectivity index (χ0n) is 8.33. The zero-order valence-corrected chi connectivity index (χ0v) is 8.33. The van der Waals surface area contributed by atoms with E-state index >= 15 is 0 Å². The summed E-state index contributed by atoms with van der Waals surface area (Å²) < 4.78 is 0. The van der Waals surface area contributed by atoms with Gasteiger partial charge in [-0.25, -0.2) is 9.97 Å². The Morgan fingerprint density at radius 2 is 2.38 bits per heavy atom. The molecule has 0 bridgehead atoms. The summed E-state index contributed by atoms with van der Waals surface area (Å²) in [4.78, 5) is 31.2. The molecular weight excluding hydrogens is 212 g/mol. The van der Waals surface area contributed by atoms with Gasteiger partial charge in [0.1, 0.15) is 6.33 Å². The molecule has 0 aliphatic carbocycles. The van der Waals surface area contributed by atoms with Crippen molar-refractivity contribution in [2.75, 3.05) is 17.2 Å². The van der Waals surface area contributed by atoms with Crippen LogP contribution in [0, 0.1) is 5.92 Å². The maximum Gasteiger partial charge on any atom is 0.308 e. The number of nitrogens with two attached hydrogens (primary N) is 1. The van der Waals surface area contributed by atoms with Crippen molar-refractivity contribution in [1.29, 1.82) is 0 Å². The van der Waals surface area contributed by atoms with Crippen LogP contribution in [0.5, 0.6) is 0 Å². The predicted molar refractivity (Wildman–Crippen MR) is 54.5 cm³/mol. The molecule has 1 amide bonds. The van der Waals surface area contributed by atoms with Crippen molar-refractivity contribution in [1.82, 2.24) is 9.97 Å². The van der Waals surface area contributed by atoms with Crippen molar-refractivity contribution in [3.05, 3.63) is 12.5 Å². The number of nitrogen functional groups attached to an aromatic ring is 1. The van der Waals surface area contributed by atoms with E-state index in [1.165, 1.54) is 17.4 Å². The summed E-state index contributed by atoms with van der Waals surface area (Å²) in [5, 5.41) is 8.82. The number of hydrogen-bond donors (Lipinski definition) is 2. The Morgan fingerprint density at radius 3 is 2.94 bits per heavy atom. The lowest BCUT2D eigenvalue weighted by Crippen LogP contribution is -2.27. The monoisotopic (exact) mass is 222 g/mol. The molecule has 0 saturated carbocycles. The number of anilines is 2. The molecule has 1 saturated heterocycles. The van der Waals surface area contributed by atoms with Gasteiger partial charge < -0.3 is 10.8 Å². The minimum atomic E-state index is -0.983. The van der Waals surface area contributed by atoms with Gasteiger partial charge in [-0.1, -0.05) is 0 Å². The molecule has 1 unspecified atom stereocenters. The number of nitrogens with zero attached hydrogens (tertiary/aromatic N) is 3. The topological polar surface area (TPSA) is 109 Å². The van der Waals surface area contributed by atoms with Crippen molar-refractivity contribution in [3.63, 3.8) is 0 Å². The van der Waals surface area contributed by atoms with Gasteiger partial charge in [-0.15, -0.1) is 0 Å². The van der Waals surface area contributed by atoms with E-state index in [0.29, 0.717) is 0 Å². The van der Waals surface area contributed by atoms with Gasteiger partial charge in [0, 0.05) is 13.0 Å². The second kappa shape index (κ2) is 3.76. The Hall–Kier alpha value is -2.18. The Morgan fingerprint density at radius 1 is 1.62 bits per heavy atom. The van der Waals surface area contributed by atoms with Crippen LogP contribution in [0.1, 0.15) is 6.42 Å². The molecule has 2 rings (SSSR count). The van der Waals surface area contributed by atoms with Gasteiger partial charge in [-0.3, -0.25) is 14.5 Å². The minimum absolute atomic E-state index is 0.0151. The number of aliphatic carboxylic acids is 1. The Kier molecular flexibility index (Phi) is 2.43. The number of carboxylic acid groups (broad SMARTS) is 1. The molecule has 84 valence electrons. The van der Waals surface area contributed by atoms with Crippen LogP contribution >= 0.6 is 0 Å². The molecule has 0 radical (unpaired) electrons. The number of carbonyl (C=O) groups excluding carboxylic acids is 1. The number of carboxylic acids is 1. The summed E-state index contributed by atoms with van der Waals surface area (Å²) in [6.07, 6.45) is 2.63. The van der Waals surface area contributed by atoms with Crippen LogP contribution in [-0.2, 0) is 9.59 Å². The first-order valence-corrected chi connectivity index (χ1v) is 4.68. The average molecular weight is 222 g/mol. The molecular formula is C9H10N4O3. The number of rotatable bonds is 2. The Bertz CT molecular complexity index is 448. The average Bonchev–Trinajstić information content (AvgIpc) is 2.61. The van der Waals surface area contributed by atoms with Crippen LogP contribution in [0.2, 0.25) is 0 Å².